The van der Waals surface area contributed by atoms with Crippen LogP contribution in [-0.4, -0.2) is 51.8 Å². The van der Waals surface area contributed by atoms with Gasteiger partial charge in [0.25, 0.3) is 0 Å². The number of rotatable bonds is 4. The van der Waals surface area contributed by atoms with Crippen molar-refractivity contribution < 1.29 is 19.4 Å². The highest BCUT2D eigenvalue weighted by Gasteiger charge is 2.50. The van der Waals surface area contributed by atoms with E-state index >= 15 is 0 Å². The largest absolute Gasteiger partial charge is 0.480 e. The summed E-state index contributed by atoms with van der Waals surface area (Å²) < 4.78 is 5.60. The van der Waals surface area contributed by atoms with Gasteiger partial charge in [-0.05, 0) is 31.6 Å². The third-order valence-corrected chi connectivity index (χ3v) is 5.99. The molecule has 5 nitrogen and oxygen atoms in total. The second-order valence-corrected chi connectivity index (χ2v) is 7.02. The minimum atomic E-state index is -0.874. The predicted octanol–water partition coefficient (Wildman–Crippen LogP) is 1.57. The van der Waals surface area contributed by atoms with Crippen LogP contribution in [0.5, 0.6) is 0 Å². The minimum Gasteiger partial charge on any atom is -0.480 e. The van der Waals surface area contributed by atoms with Gasteiger partial charge in [0.05, 0.1) is 17.4 Å². The van der Waals surface area contributed by atoms with Gasteiger partial charge >= 0.3 is 5.97 Å². The first-order valence-corrected chi connectivity index (χ1v) is 8.46. The number of nitrogens with zero attached hydrogens (tertiary/aromatic N) is 1. The number of aliphatic carboxylic acids is 1. The molecule has 1 aliphatic carbocycles. The number of carboxylic acid groups (broad SMARTS) is 1. The van der Waals surface area contributed by atoms with Crippen molar-refractivity contribution in [2.24, 2.45) is 11.8 Å². The lowest BCUT2D eigenvalue weighted by Gasteiger charge is -2.31. The van der Waals surface area contributed by atoms with Crippen LogP contribution in [0, 0.1) is 11.8 Å². The Morgan fingerprint density at radius 3 is 2.70 bits per heavy atom. The van der Waals surface area contributed by atoms with E-state index in [9.17, 15) is 14.7 Å². The van der Waals surface area contributed by atoms with Crippen LogP contribution < -0.4 is 0 Å². The minimum absolute atomic E-state index is 0.00338. The Balaban J connectivity index is 1.79. The van der Waals surface area contributed by atoms with E-state index in [1.54, 1.807) is 16.7 Å². The van der Waals surface area contributed by atoms with Crippen LogP contribution in [0.15, 0.2) is 0 Å². The van der Waals surface area contributed by atoms with E-state index in [-0.39, 0.29) is 23.3 Å². The summed E-state index contributed by atoms with van der Waals surface area (Å²) >= 11 is 1.64. The van der Waals surface area contributed by atoms with Crippen molar-refractivity contribution >= 4 is 23.6 Å². The molecule has 0 aromatic rings. The highest BCUT2D eigenvalue weighted by atomic mass is 32.2. The third kappa shape index (κ3) is 2.44. The van der Waals surface area contributed by atoms with E-state index in [0.29, 0.717) is 18.3 Å². The molecule has 2 aliphatic heterocycles. The summed E-state index contributed by atoms with van der Waals surface area (Å²) in [6.45, 7) is 2.63. The zero-order valence-electron chi connectivity index (χ0n) is 11.7. The van der Waals surface area contributed by atoms with E-state index in [2.05, 4.69) is 0 Å². The summed E-state index contributed by atoms with van der Waals surface area (Å²) in [5.74, 6) is -0.00538. The van der Waals surface area contributed by atoms with E-state index in [1.165, 1.54) is 0 Å². The van der Waals surface area contributed by atoms with Gasteiger partial charge in [0.15, 0.2) is 0 Å². The number of hydrogen-bond donors (Lipinski definition) is 1. The number of amides is 1. The molecule has 0 spiro atoms. The molecule has 3 aliphatic rings. The van der Waals surface area contributed by atoms with Crippen molar-refractivity contribution in [1.82, 2.24) is 4.90 Å². The molecule has 4 unspecified atom stereocenters. The second kappa shape index (κ2) is 5.56. The molecule has 2 heterocycles. The fourth-order valence-corrected chi connectivity index (χ4v) is 4.90. The highest BCUT2D eigenvalue weighted by Crippen LogP contribution is 2.46. The van der Waals surface area contributed by atoms with Crippen LogP contribution in [0.25, 0.3) is 0 Å². The van der Waals surface area contributed by atoms with Gasteiger partial charge in [-0.25, -0.2) is 4.79 Å². The average Bonchev–Trinajstić information content (AvgIpc) is 3.02. The summed E-state index contributed by atoms with van der Waals surface area (Å²) in [5, 5.41) is 9.45. The van der Waals surface area contributed by atoms with E-state index in [4.69, 9.17) is 4.74 Å². The topological polar surface area (TPSA) is 66.8 Å². The lowest BCUT2D eigenvalue weighted by Crippen LogP contribution is -2.50. The van der Waals surface area contributed by atoms with Crippen LogP contribution >= 0.6 is 11.8 Å². The Labute approximate surface area is 123 Å². The van der Waals surface area contributed by atoms with Gasteiger partial charge in [0.1, 0.15) is 6.04 Å². The summed E-state index contributed by atoms with van der Waals surface area (Å²) in [6.07, 6.45) is 3.73. The van der Waals surface area contributed by atoms with Crippen LogP contribution in [0.1, 0.15) is 32.6 Å². The Bertz CT molecular complexity index is 412. The molecule has 112 valence electrons. The molecular formula is C14H21NO4S. The first kappa shape index (κ1) is 14.2. The van der Waals surface area contributed by atoms with Gasteiger partial charge in [-0.3, -0.25) is 4.79 Å². The second-order valence-electron chi connectivity index (χ2n) is 5.87. The van der Waals surface area contributed by atoms with Gasteiger partial charge < -0.3 is 14.7 Å². The Kier molecular flexibility index (Phi) is 3.95. The fraction of sp³-hybridized carbons (Fsp3) is 0.857. The summed E-state index contributed by atoms with van der Waals surface area (Å²) in [6, 6.07) is -0.656. The predicted molar refractivity (Wildman–Crippen MR) is 75.4 cm³/mol. The zero-order chi connectivity index (χ0) is 14.3. The monoisotopic (exact) mass is 299 g/mol. The smallest absolute Gasteiger partial charge is 0.327 e. The Hall–Kier alpha value is -0.750. The highest BCUT2D eigenvalue weighted by molar-refractivity contribution is 8.00. The van der Waals surface area contributed by atoms with E-state index < -0.39 is 12.0 Å². The quantitative estimate of drug-likeness (QED) is 0.853. The van der Waals surface area contributed by atoms with Gasteiger partial charge in [-0.1, -0.05) is 6.92 Å². The lowest BCUT2D eigenvalue weighted by molar-refractivity contribution is -0.152. The van der Waals surface area contributed by atoms with Gasteiger partial charge in [-0.2, -0.15) is 0 Å². The molecule has 0 aromatic heterocycles. The molecule has 6 heteroatoms. The average molecular weight is 299 g/mol. The third-order valence-electron chi connectivity index (χ3n) is 4.53. The van der Waals surface area contributed by atoms with Crippen LogP contribution in [0.3, 0.4) is 0 Å². The van der Waals surface area contributed by atoms with Crippen LogP contribution in [-0.2, 0) is 14.3 Å². The molecule has 0 radical (unpaired) electrons. The van der Waals surface area contributed by atoms with Crippen molar-refractivity contribution in [3.05, 3.63) is 0 Å². The Morgan fingerprint density at radius 2 is 2.10 bits per heavy atom. The standard InChI is InChI=1S/C14H21NO4S/c1-2-11-9(5-6-19-11)12(16)15-10(14(17)18)7-20-13(15)8-3-4-8/h8-11,13H,2-7H2,1H3,(H,17,18). The first-order valence-electron chi connectivity index (χ1n) is 7.41. The Morgan fingerprint density at radius 1 is 1.35 bits per heavy atom. The van der Waals surface area contributed by atoms with Crippen molar-refractivity contribution in [2.45, 2.75) is 50.1 Å². The van der Waals surface area contributed by atoms with Gasteiger partial charge in [0.2, 0.25) is 5.91 Å². The normalized spacial score (nSPS) is 37.4. The maximum absolute atomic E-state index is 12.8. The molecule has 1 N–H and O–H groups in total. The number of carboxylic acids is 1. The molecule has 20 heavy (non-hydrogen) atoms. The van der Waals surface area contributed by atoms with E-state index in [1.807, 2.05) is 6.92 Å². The molecule has 1 amide bonds. The molecule has 4 atom stereocenters. The fourth-order valence-electron chi connectivity index (χ4n) is 3.27. The maximum Gasteiger partial charge on any atom is 0.327 e. The maximum atomic E-state index is 12.8. The summed E-state index contributed by atoms with van der Waals surface area (Å²) in [4.78, 5) is 25.9. The number of hydrogen-bond acceptors (Lipinski definition) is 4. The summed E-state index contributed by atoms with van der Waals surface area (Å²) in [7, 11) is 0. The van der Waals surface area contributed by atoms with Gasteiger partial charge in [0, 0.05) is 12.4 Å². The molecule has 3 rings (SSSR count). The zero-order valence-corrected chi connectivity index (χ0v) is 12.5. The molecule has 0 bridgehead atoms. The van der Waals surface area contributed by atoms with Crippen molar-refractivity contribution in [2.75, 3.05) is 12.4 Å². The van der Waals surface area contributed by atoms with Crippen LogP contribution in [0.4, 0.5) is 0 Å². The molecule has 3 fully saturated rings. The molecule has 2 saturated heterocycles. The van der Waals surface area contributed by atoms with Crippen molar-refractivity contribution in [3.63, 3.8) is 0 Å². The lowest BCUT2D eigenvalue weighted by atomic mass is 9.97. The number of carbonyl (C=O) groups excluding carboxylic acids is 1. The van der Waals surface area contributed by atoms with Gasteiger partial charge in [-0.15, -0.1) is 11.8 Å². The molecular weight excluding hydrogens is 278 g/mol. The molecule has 0 aromatic carbocycles. The van der Waals surface area contributed by atoms with Crippen LogP contribution in [0.2, 0.25) is 0 Å². The van der Waals surface area contributed by atoms with Crippen molar-refractivity contribution in [3.8, 4) is 0 Å². The number of carbonyl (C=O) groups is 2. The van der Waals surface area contributed by atoms with E-state index in [0.717, 1.165) is 25.7 Å². The molecule has 1 saturated carbocycles. The first-order chi connectivity index (χ1) is 9.63. The SMILES string of the molecule is CCC1OCCC1C(=O)N1C(C(=O)O)CSC1C1CC1. The number of ether oxygens (including phenoxy) is 1. The summed E-state index contributed by atoms with van der Waals surface area (Å²) in [5.41, 5.74) is 0. The van der Waals surface area contributed by atoms with Crippen molar-refractivity contribution in [1.29, 1.82) is 0 Å². The number of thioether (sulfide) groups is 1.